The van der Waals surface area contributed by atoms with Crippen molar-refractivity contribution in [3.05, 3.63) is 29.3 Å². The van der Waals surface area contributed by atoms with Crippen molar-refractivity contribution >= 4 is 29.2 Å². The minimum absolute atomic E-state index is 0.121. The van der Waals surface area contributed by atoms with Crippen molar-refractivity contribution in [2.24, 2.45) is 0 Å². The van der Waals surface area contributed by atoms with Gasteiger partial charge < -0.3 is 10.0 Å². The molecule has 0 aromatic heterocycles. The number of carbonyl (C=O) groups excluding carboxylic acids is 1. The molecule has 0 atom stereocenters. The van der Waals surface area contributed by atoms with Crippen LogP contribution >= 0.6 is 11.6 Å². The highest BCUT2D eigenvalue weighted by atomic mass is 35.5. The van der Waals surface area contributed by atoms with E-state index in [1.807, 2.05) is 19.1 Å². The largest absolute Gasteiger partial charge is 0.481 e. The van der Waals surface area contributed by atoms with Crippen LogP contribution in [-0.4, -0.2) is 23.5 Å². The summed E-state index contributed by atoms with van der Waals surface area (Å²) in [5.74, 6) is -0.618. The lowest BCUT2D eigenvalue weighted by atomic mass is 10.1. The van der Waals surface area contributed by atoms with Crippen LogP contribution in [0.3, 0.4) is 0 Å². The predicted octanol–water partition coefficient (Wildman–Crippen LogP) is 4.51. The normalized spacial score (nSPS) is 10.5. The van der Waals surface area contributed by atoms with Crippen LogP contribution in [-0.2, 0) is 9.59 Å². The van der Waals surface area contributed by atoms with Gasteiger partial charge in [-0.25, -0.2) is 0 Å². The summed E-state index contributed by atoms with van der Waals surface area (Å²) in [6.45, 7) is 2.59. The molecule has 1 aromatic carbocycles. The second-order valence-corrected chi connectivity index (χ2v) is 5.71. The molecular weight excluding hydrogens is 302 g/mol. The van der Waals surface area contributed by atoms with Crippen LogP contribution in [0.2, 0.25) is 5.02 Å². The van der Waals surface area contributed by atoms with E-state index in [4.69, 9.17) is 16.7 Å². The number of nitrogens with zero attached hydrogens (tertiary/aromatic N) is 1. The number of halogens is 1. The molecule has 0 bridgehead atoms. The lowest BCUT2D eigenvalue weighted by Gasteiger charge is -2.21. The van der Waals surface area contributed by atoms with E-state index in [-0.39, 0.29) is 12.3 Å². The third kappa shape index (κ3) is 6.94. The minimum Gasteiger partial charge on any atom is -0.481 e. The fraction of sp³-hybridized carbons (Fsp3) is 0.529. The van der Waals surface area contributed by atoms with E-state index < -0.39 is 5.97 Å². The number of unbranched alkanes of at least 4 members (excludes halogenated alkanes) is 4. The van der Waals surface area contributed by atoms with Gasteiger partial charge in [0.15, 0.2) is 0 Å². The van der Waals surface area contributed by atoms with E-state index in [2.05, 4.69) is 0 Å². The minimum atomic E-state index is -0.739. The van der Waals surface area contributed by atoms with E-state index in [1.54, 1.807) is 17.0 Å². The number of carboxylic acids is 1. The molecule has 0 radical (unpaired) electrons. The highest BCUT2D eigenvalue weighted by Crippen LogP contribution is 2.19. The molecule has 1 rings (SSSR count). The Hall–Kier alpha value is -1.55. The molecule has 0 aliphatic carbocycles. The van der Waals surface area contributed by atoms with Crippen LogP contribution in [0.4, 0.5) is 5.69 Å². The van der Waals surface area contributed by atoms with E-state index in [9.17, 15) is 9.59 Å². The number of hydrogen-bond acceptors (Lipinski definition) is 2. The standard InChI is InChI=1S/C17H24ClNO3/c1-2-19(15-12-10-14(18)11-13-15)16(20)8-6-4-3-5-7-9-17(21)22/h10-13H,2-9H2,1H3,(H,21,22). The smallest absolute Gasteiger partial charge is 0.303 e. The number of carboxylic acid groups (broad SMARTS) is 1. The van der Waals surface area contributed by atoms with Crippen molar-refractivity contribution in [3.63, 3.8) is 0 Å². The van der Waals surface area contributed by atoms with E-state index >= 15 is 0 Å². The number of rotatable bonds is 10. The maximum atomic E-state index is 12.3. The Kier molecular flexibility index (Phi) is 8.60. The van der Waals surface area contributed by atoms with E-state index in [0.29, 0.717) is 18.0 Å². The average molecular weight is 326 g/mol. The molecule has 0 aliphatic rings. The van der Waals surface area contributed by atoms with Gasteiger partial charge in [-0.05, 0) is 44.0 Å². The zero-order valence-electron chi connectivity index (χ0n) is 13.1. The maximum absolute atomic E-state index is 12.3. The highest BCUT2D eigenvalue weighted by molar-refractivity contribution is 6.30. The monoisotopic (exact) mass is 325 g/mol. The van der Waals surface area contributed by atoms with Crippen LogP contribution in [0.1, 0.15) is 51.9 Å². The quantitative estimate of drug-likeness (QED) is 0.644. The number of aliphatic carboxylic acids is 1. The van der Waals surface area contributed by atoms with Gasteiger partial charge in [0.25, 0.3) is 0 Å². The van der Waals surface area contributed by atoms with Crippen molar-refractivity contribution in [2.75, 3.05) is 11.4 Å². The second kappa shape index (κ2) is 10.2. The molecule has 0 aliphatic heterocycles. The summed E-state index contributed by atoms with van der Waals surface area (Å²) < 4.78 is 0. The van der Waals surface area contributed by atoms with Gasteiger partial charge in [-0.2, -0.15) is 0 Å². The van der Waals surface area contributed by atoms with Gasteiger partial charge in [0, 0.05) is 30.1 Å². The van der Waals surface area contributed by atoms with E-state index in [0.717, 1.165) is 37.8 Å². The van der Waals surface area contributed by atoms with Gasteiger partial charge in [-0.15, -0.1) is 0 Å². The summed E-state index contributed by atoms with van der Waals surface area (Å²) in [6, 6.07) is 7.29. The fourth-order valence-corrected chi connectivity index (χ4v) is 2.47. The van der Waals surface area contributed by atoms with Crippen molar-refractivity contribution in [2.45, 2.75) is 51.9 Å². The summed E-state index contributed by atoms with van der Waals surface area (Å²) >= 11 is 5.86. The molecule has 0 heterocycles. The second-order valence-electron chi connectivity index (χ2n) is 5.28. The number of anilines is 1. The number of benzene rings is 1. The first-order valence-electron chi connectivity index (χ1n) is 7.82. The van der Waals surface area contributed by atoms with Crippen LogP contribution in [0.5, 0.6) is 0 Å². The Labute approximate surface area is 137 Å². The van der Waals surface area contributed by atoms with Crippen molar-refractivity contribution in [1.82, 2.24) is 0 Å². The molecule has 22 heavy (non-hydrogen) atoms. The third-order valence-electron chi connectivity index (χ3n) is 3.54. The first-order chi connectivity index (χ1) is 10.5. The molecule has 0 saturated carbocycles. The highest BCUT2D eigenvalue weighted by Gasteiger charge is 2.13. The zero-order chi connectivity index (χ0) is 16.4. The summed E-state index contributed by atoms with van der Waals surface area (Å²) in [5.41, 5.74) is 0.873. The lowest BCUT2D eigenvalue weighted by molar-refractivity contribution is -0.137. The van der Waals surface area contributed by atoms with Crippen molar-refractivity contribution in [1.29, 1.82) is 0 Å². The molecule has 1 aromatic rings. The van der Waals surface area contributed by atoms with Gasteiger partial charge in [0.05, 0.1) is 0 Å². The Morgan fingerprint density at radius 1 is 1.00 bits per heavy atom. The number of carbonyl (C=O) groups is 2. The predicted molar refractivity (Wildman–Crippen MR) is 89.4 cm³/mol. The Morgan fingerprint density at radius 2 is 1.55 bits per heavy atom. The summed E-state index contributed by atoms with van der Waals surface area (Å²) in [7, 11) is 0. The first-order valence-corrected chi connectivity index (χ1v) is 8.20. The van der Waals surface area contributed by atoms with Gasteiger partial charge in [0.2, 0.25) is 5.91 Å². The van der Waals surface area contributed by atoms with Crippen LogP contribution in [0.25, 0.3) is 0 Å². The Bertz CT molecular complexity index is 473. The molecule has 0 saturated heterocycles. The Balaban J connectivity index is 2.28. The van der Waals surface area contributed by atoms with Crippen LogP contribution in [0.15, 0.2) is 24.3 Å². The van der Waals surface area contributed by atoms with Gasteiger partial charge in [-0.3, -0.25) is 9.59 Å². The summed E-state index contributed by atoms with van der Waals surface area (Å²) in [5, 5.41) is 9.20. The molecule has 0 unspecified atom stereocenters. The SMILES string of the molecule is CCN(C(=O)CCCCCCCC(=O)O)c1ccc(Cl)cc1. The van der Waals surface area contributed by atoms with Gasteiger partial charge >= 0.3 is 5.97 Å². The van der Waals surface area contributed by atoms with Gasteiger partial charge in [-0.1, -0.05) is 30.9 Å². The maximum Gasteiger partial charge on any atom is 0.303 e. The number of amides is 1. The third-order valence-corrected chi connectivity index (χ3v) is 3.79. The molecule has 0 fully saturated rings. The first kappa shape index (κ1) is 18.5. The van der Waals surface area contributed by atoms with E-state index in [1.165, 1.54) is 0 Å². The lowest BCUT2D eigenvalue weighted by Crippen LogP contribution is -2.30. The molecule has 1 amide bonds. The van der Waals surface area contributed by atoms with Crippen molar-refractivity contribution < 1.29 is 14.7 Å². The topological polar surface area (TPSA) is 57.6 Å². The summed E-state index contributed by atoms with van der Waals surface area (Å²) in [6.07, 6.45) is 5.17. The molecule has 5 heteroatoms. The Morgan fingerprint density at radius 3 is 2.09 bits per heavy atom. The van der Waals surface area contributed by atoms with Crippen LogP contribution in [0, 0.1) is 0 Å². The molecule has 122 valence electrons. The summed E-state index contributed by atoms with van der Waals surface area (Å²) in [4.78, 5) is 24.4. The average Bonchev–Trinajstić information content (AvgIpc) is 2.48. The number of hydrogen-bond donors (Lipinski definition) is 1. The van der Waals surface area contributed by atoms with Crippen LogP contribution < -0.4 is 4.90 Å². The zero-order valence-corrected chi connectivity index (χ0v) is 13.8. The fourth-order valence-electron chi connectivity index (χ4n) is 2.34. The molecular formula is C17H24ClNO3. The molecule has 4 nitrogen and oxygen atoms in total. The van der Waals surface area contributed by atoms with Gasteiger partial charge in [0.1, 0.15) is 0 Å². The van der Waals surface area contributed by atoms with Crippen molar-refractivity contribution in [3.8, 4) is 0 Å². The molecule has 1 N–H and O–H groups in total. The molecule has 0 spiro atoms.